The van der Waals surface area contributed by atoms with Crippen molar-refractivity contribution >= 4 is 49.0 Å². The highest BCUT2D eigenvalue weighted by Crippen LogP contribution is 2.22. The van der Waals surface area contributed by atoms with Crippen molar-refractivity contribution < 1.29 is 13.2 Å². The Hall–Kier alpha value is -0.870. The summed E-state index contributed by atoms with van der Waals surface area (Å²) in [4.78, 5) is 11.6. The molecular weight excluding hydrogens is 341 g/mol. The minimum absolute atomic E-state index is 0.124. The van der Waals surface area contributed by atoms with Gasteiger partial charge in [0, 0.05) is 33.6 Å². The number of terminal acetylenes is 1. The van der Waals surface area contributed by atoms with Crippen LogP contribution in [0.15, 0.2) is 23.1 Å². The fraction of sp³-hybridized carbons (Fsp3) is 0.250. The number of carbonyl (C=O) groups is 1. The largest absolute Gasteiger partial charge is 0.351 e. The van der Waals surface area contributed by atoms with E-state index in [-0.39, 0.29) is 15.5 Å². The molecule has 0 unspecified atom stereocenters. The van der Waals surface area contributed by atoms with Gasteiger partial charge in [0.1, 0.15) is 0 Å². The Kier molecular flexibility index (Phi) is 6.69. The van der Waals surface area contributed by atoms with Crippen LogP contribution in [-0.2, 0) is 9.05 Å². The zero-order valence-corrected chi connectivity index (χ0v) is 13.4. The number of rotatable bonds is 6. The number of hydrogen-bond acceptors (Lipinski definition) is 4. The second-order valence-electron chi connectivity index (χ2n) is 3.63. The van der Waals surface area contributed by atoms with E-state index in [0.29, 0.717) is 18.1 Å². The van der Waals surface area contributed by atoms with E-state index < -0.39 is 15.0 Å². The van der Waals surface area contributed by atoms with Gasteiger partial charge in [-0.05, 0) is 18.2 Å². The summed E-state index contributed by atoms with van der Waals surface area (Å²) in [6.45, 7) is 0.417. The SMILES string of the molecule is C#CCSCCNC(=O)c1cc(Cl)cc(S(=O)(=O)Cl)c1. The van der Waals surface area contributed by atoms with Gasteiger partial charge in [0.25, 0.3) is 15.0 Å². The summed E-state index contributed by atoms with van der Waals surface area (Å²) < 4.78 is 22.5. The summed E-state index contributed by atoms with van der Waals surface area (Å²) in [7, 11) is 1.30. The van der Waals surface area contributed by atoms with E-state index in [1.54, 1.807) is 0 Å². The summed E-state index contributed by atoms with van der Waals surface area (Å²) in [5.74, 6) is 3.28. The highest BCUT2D eigenvalue weighted by atomic mass is 35.7. The lowest BCUT2D eigenvalue weighted by molar-refractivity contribution is 0.0956. The molecule has 1 amide bonds. The smallest absolute Gasteiger partial charge is 0.261 e. The molecule has 0 saturated carbocycles. The zero-order chi connectivity index (χ0) is 15.2. The maximum absolute atomic E-state index is 11.9. The van der Waals surface area contributed by atoms with Crippen molar-refractivity contribution in [3.8, 4) is 12.3 Å². The quantitative estimate of drug-likeness (QED) is 0.485. The summed E-state index contributed by atoms with van der Waals surface area (Å²) in [5.41, 5.74) is 0.138. The lowest BCUT2D eigenvalue weighted by Crippen LogP contribution is -2.26. The molecule has 0 aliphatic carbocycles. The normalized spacial score (nSPS) is 10.8. The first-order valence-corrected chi connectivity index (χ1v) is 9.23. The molecule has 0 spiro atoms. The van der Waals surface area contributed by atoms with E-state index in [4.69, 9.17) is 28.7 Å². The fourth-order valence-corrected chi connectivity index (χ4v) is 2.92. The molecule has 108 valence electrons. The van der Waals surface area contributed by atoms with Crippen LogP contribution in [-0.4, -0.2) is 32.4 Å². The maximum Gasteiger partial charge on any atom is 0.261 e. The first-order valence-electron chi connectivity index (χ1n) is 5.39. The molecule has 1 aromatic rings. The molecule has 8 heteroatoms. The van der Waals surface area contributed by atoms with Gasteiger partial charge in [0.15, 0.2) is 0 Å². The van der Waals surface area contributed by atoms with E-state index >= 15 is 0 Å². The molecule has 1 rings (SSSR count). The van der Waals surface area contributed by atoms with Crippen LogP contribution < -0.4 is 5.32 Å². The van der Waals surface area contributed by atoms with Crippen LogP contribution in [0, 0.1) is 12.3 Å². The third kappa shape index (κ3) is 5.63. The molecule has 0 aliphatic rings. The van der Waals surface area contributed by atoms with Gasteiger partial charge in [0.05, 0.1) is 10.6 Å². The van der Waals surface area contributed by atoms with Gasteiger partial charge in [0.2, 0.25) is 0 Å². The lowest BCUT2D eigenvalue weighted by Gasteiger charge is -2.06. The summed E-state index contributed by atoms with van der Waals surface area (Å²) in [5, 5.41) is 2.76. The number of benzene rings is 1. The number of thioether (sulfide) groups is 1. The summed E-state index contributed by atoms with van der Waals surface area (Å²) in [6, 6.07) is 3.73. The number of halogens is 2. The van der Waals surface area contributed by atoms with Crippen LogP contribution in [0.25, 0.3) is 0 Å². The van der Waals surface area contributed by atoms with Crippen molar-refractivity contribution in [1.82, 2.24) is 5.32 Å². The number of nitrogens with one attached hydrogen (secondary N) is 1. The molecule has 0 saturated heterocycles. The topological polar surface area (TPSA) is 63.2 Å². The van der Waals surface area contributed by atoms with E-state index in [0.717, 1.165) is 0 Å². The molecule has 0 atom stereocenters. The molecule has 1 N–H and O–H groups in total. The standard InChI is InChI=1S/C12H11Cl2NO3S2/c1-2-4-19-5-3-15-12(16)9-6-10(13)8-11(7-9)20(14,17)18/h1,6-8H,3-5H2,(H,15,16). The average Bonchev–Trinajstić information content (AvgIpc) is 2.36. The van der Waals surface area contributed by atoms with Gasteiger partial charge < -0.3 is 5.32 Å². The van der Waals surface area contributed by atoms with E-state index in [1.165, 1.54) is 30.0 Å². The zero-order valence-electron chi connectivity index (χ0n) is 10.2. The average molecular weight is 352 g/mol. The predicted molar refractivity (Wildman–Crippen MR) is 83.0 cm³/mol. The Balaban J connectivity index is 2.74. The van der Waals surface area contributed by atoms with Gasteiger partial charge in [-0.2, -0.15) is 0 Å². The fourth-order valence-electron chi connectivity index (χ4n) is 1.30. The molecule has 0 fully saturated rings. The third-order valence-corrected chi connectivity index (χ3v) is 4.55. The molecule has 20 heavy (non-hydrogen) atoms. The molecule has 0 heterocycles. The molecule has 0 bridgehead atoms. The Morgan fingerprint density at radius 2 is 2.10 bits per heavy atom. The van der Waals surface area contributed by atoms with Crippen molar-refractivity contribution in [2.24, 2.45) is 0 Å². The molecule has 0 radical (unpaired) electrons. The number of amides is 1. The summed E-state index contributed by atoms with van der Waals surface area (Å²) >= 11 is 7.28. The van der Waals surface area contributed by atoms with Crippen LogP contribution >= 0.6 is 34.0 Å². The van der Waals surface area contributed by atoms with Gasteiger partial charge in [-0.25, -0.2) is 8.42 Å². The van der Waals surface area contributed by atoms with Crippen molar-refractivity contribution in [2.45, 2.75) is 4.90 Å². The molecule has 0 aliphatic heterocycles. The summed E-state index contributed by atoms with van der Waals surface area (Å²) in [6.07, 6.45) is 5.09. The van der Waals surface area contributed by atoms with Crippen LogP contribution in [0.4, 0.5) is 0 Å². The van der Waals surface area contributed by atoms with Crippen LogP contribution in [0.3, 0.4) is 0 Å². The number of carbonyl (C=O) groups excluding carboxylic acids is 1. The molecule has 4 nitrogen and oxygen atoms in total. The minimum Gasteiger partial charge on any atom is -0.351 e. The second kappa shape index (κ2) is 7.79. The van der Waals surface area contributed by atoms with Gasteiger partial charge in [-0.3, -0.25) is 4.79 Å². The van der Waals surface area contributed by atoms with Crippen LogP contribution in [0.1, 0.15) is 10.4 Å². The minimum atomic E-state index is -3.93. The molecule has 1 aromatic carbocycles. The highest BCUT2D eigenvalue weighted by molar-refractivity contribution is 8.13. The predicted octanol–water partition coefficient (Wildman–Crippen LogP) is 2.36. The van der Waals surface area contributed by atoms with E-state index in [2.05, 4.69) is 11.2 Å². The first kappa shape index (κ1) is 17.2. The molecule has 0 aromatic heterocycles. The Morgan fingerprint density at radius 3 is 2.70 bits per heavy atom. The van der Waals surface area contributed by atoms with Crippen molar-refractivity contribution in [1.29, 1.82) is 0 Å². The number of hydrogen-bond donors (Lipinski definition) is 1. The Labute approximate surface area is 131 Å². The second-order valence-corrected chi connectivity index (χ2v) is 7.73. The Morgan fingerprint density at radius 1 is 1.40 bits per heavy atom. The van der Waals surface area contributed by atoms with Gasteiger partial charge >= 0.3 is 0 Å². The Bertz CT molecular complexity index is 639. The van der Waals surface area contributed by atoms with Crippen LogP contribution in [0.2, 0.25) is 5.02 Å². The van der Waals surface area contributed by atoms with Crippen molar-refractivity contribution in [2.75, 3.05) is 18.1 Å². The third-order valence-electron chi connectivity index (χ3n) is 2.13. The molecular formula is C12H11Cl2NO3S2. The van der Waals surface area contributed by atoms with Gasteiger partial charge in [-0.1, -0.05) is 17.5 Å². The highest BCUT2D eigenvalue weighted by Gasteiger charge is 2.15. The van der Waals surface area contributed by atoms with Crippen LogP contribution in [0.5, 0.6) is 0 Å². The van der Waals surface area contributed by atoms with Crippen molar-refractivity contribution in [3.63, 3.8) is 0 Å². The maximum atomic E-state index is 11.9. The van der Waals surface area contributed by atoms with E-state index in [9.17, 15) is 13.2 Å². The van der Waals surface area contributed by atoms with Crippen molar-refractivity contribution in [3.05, 3.63) is 28.8 Å². The van der Waals surface area contributed by atoms with Gasteiger partial charge in [-0.15, -0.1) is 18.2 Å². The van der Waals surface area contributed by atoms with E-state index in [1.807, 2.05) is 0 Å². The lowest BCUT2D eigenvalue weighted by atomic mass is 10.2. The monoisotopic (exact) mass is 351 g/mol. The first-order chi connectivity index (χ1) is 9.34.